The SMILES string of the molecule is COc1c(C(CC(=O)O)C2CC2)ccc2c1CCN2C. The second-order valence-corrected chi connectivity index (χ2v) is 5.90. The lowest BCUT2D eigenvalue weighted by atomic mass is 9.88. The highest BCUT2D eigenvalue weighted by Crippen LogP contribution is 2.49. The van der Waals surface area contributed by atoms with Crippen molar-refractivity contribution >= 4 is 11.7 Å². The van der Waals surface area contributed by atoms with Crippen molar-refractivity contribution in [1.29, 1.82) is 0 Å². The minimum absolute atomic E-state index is 0.0960. The van der Waals surface area contributed by atoms with Crippen LogP contribution in [0.2, 0.25) is 0 Å². The molecule has 0 amide bonds. The van der Waals surface area contributed by atoms with Crippen molar-refractivity contribution in [3.8, 4) is 5.75 Å². The first kappa shape index (κ1) is 13.3. The lowest BCUT2D eigenvalue weighted by molar-refractivity contribution is -0.137. The number of carbonyl (C=O) groups is 1. The van der Waals surface area contributed by atoms with Gasteiger partial charge in [0.25, 0.3) is 0 Å². The maximum absolute atomic E-state index is 11.2. The average Bonchev–Trinajstić information content (AvgIpc) is 3.19. The first-order chi connectivity index (χ1) is 9.61. The van der Waals surface area contributed by atoms with Crippen LogP contribution in [0.1, 0.15) is 36.3 Å². The third kappa shape index (κ3) is 2.23. The van der Waals surface area contributed by atoms with Crippen LogP contribution in [-0.2, 0) is 11.2 Å². The molecule has 1 N–H and O–H groups in total. The Hall–Kier alpha value is -1.71. The lowest BCUT2D eigenvalue weighted by Crippen LogP contribution is -2.13. The molecule has 1 atom stereocenters. The quantitative estimate of drug-likeness (QED) is 0.897. The highest BCUT2D eigenvalue weighted by atomic mass is 16.5. The van der Waals surface area contributed by atoms with Crippen molar-refractivity contribution in [2.75, 3.05) is 25.6 Å². The second-order valence-electron chi connectivity index (χ2n) is 5.90. The summed E-state index contributed by atoms with van der Waals surface area (Å²) in [5.74, 6) is 0.808. The van der Waals surface area contributed by atoms with E-state index >= 15 is 0 Å². The van der Waals surface area contributed by atoms with Gasteiger partial charge in [0.1, 0.15) is 5.75 Å². The summed E-state index contributed by atoms with van der Waals surface area (Å²) in [5, 5.41) is 9.17. The summed E-state index contributed by atoms with van der Waals surface area (Å²) >= 11 is 0. The highest BCUT2D eigenvalue weighted by molar-refractivity contribution is 5.70. The highest BCUT2D eigenvalue weighted by Gasteiger charge is 2.36. The van der Waals surface area contributed by atoms with Crippen molar-refractivity contribution < 1.29 is 14.6 Å². The van der Waals surface area contributed by atoms with Gasteiger partial charge < -0.3 is 14.7 Å². The molecule has 1 heterocycles. The van der Waals surface area contributed by atoms with Gasteiger partial charge in [0.15, 0.2) is 0 Å². The number of fused-ring (bicyclic) bond motifs is 1. The van der Waals surface area contributed by atoms with Gasteiger partial charge in [0.2, 0.25) is 0 Å². The van der Waals surface area contributed by atoms with Gasteiger partial charge in [-0.3, -0.25) is 4.79 Å². The molecule has 108 valence electrons. The Kier molecular flexibility index (Phi) is 3.32. The number of hydrogen-bond acceptors (Lipinski definition) is 3. The summed E-state index contributed by atoms with van der Waals surface area (Å²) in [5.41, 5.74) is 3.55. The normalized spacial score (nSPS) is 18.8. The summed E-state index contributed by atoms with van der Waals surface area (Å²) < 4.78 is 5.66. The largest absolute Gasteiger partial charge is 0.496 e. The fourth-order valence-corrected chi connectivity index (χ4v) is 3.39. The van der Waals surface area contributed by atoms with E-state index in [2.05, 4.69) is 24.1 Å². The smallest absolute Gasteiger partial charge is 0.303 e. The van der Waals surface area contributed by atoms with Crippen LogP contribution in [0.5, 0.6) is 5.75 Å². The number of ether oxygens (including phenoxy) is 1. The number of hydrogen-bond donors (Lipinski definition) is 1. The van der Waals surface area contributed by atoms with Crippen molar-refractivity contribution in [2.24, 2.45) is 5.92 Å². The summed E-state index contributed by atoms with van der Waals surface area (Å²) in [7, 11) is 3.78. The molecule has 1 aromatic rings. The predicted molar refractivity (Wildman–Crippen MR) is 77.7 cm³/mol. The maximum atomic E-state index is 11.2. The lowest BCUT2D eigenvalue weighted by Gasteiger charge is -2.21. The fourth-order valence-electron chi connectivity index (χ4n) is 3.39. The van der Waals surface area contributed by atoms with Crippen molar-refractivity contribution in [2.45, 2.75) is 31.6 Å². The molecule has 0 bridgehead atoms. The van der Waals surface area contributed by atoms with Crippen molar-refractivity contribution in [3.63, 3.8) is 0 Å². The molecular formula is C16H21NO3. The number of carboxylic acid groups (broad SMARTS) is 1. The second kappa shape index (κ2) is 5.00. The molecule has 0 spiro atoms. The summed E-state index contributed by atoms with van der Waals surface area (Å²) in [6.45, 7) is 1.00. The van der Waals surface area contributed by atoms with Crippen LogP contribution in [0.25, 0.3) is 0 Å². The van der Waals surface area contributed by atoms with E-state index in [-0.39, 0.29) is 12.3 Å². The summed E-state index contributed by atoms with van der Waals surface area (Å²) in [6.07, 6.45) is 3.46. The third-order valence-corrected chi connectivity index (χ3v) is 4.56. The molecule has 0 aromatic heterocycles. The molecule has 3 rings (SSSR count). The topological polar surface area (TPSA) is 49.8 Å². The van der Waals surface area contributed by atoms with Gasteiger partial charge in [-0.2, -0.15) is 0 Å². The zero-order chi connectivity index (χ0) is 14.3. The Morgan fingerprint density at radius 3 is 2.85 bits per heavy atom. The number of nitrogens with zero attached hydrogens (tertiary/aromatic N) is 1. The molecule has 1 saturated carbocycles. The van der Waals surface area contributed by atoms with E-state index < -0.39 is 5.97 Å². The molecule has 1 aliphatic heterocycles. The molecule has 0 saturated heterocycles. The third-order valence-electron chi connectivity index (χ3n) is 4.56. The van der Waals surface area contributed by atoms with Crippen LogP contribution in [0.3, 0.4) is 0 Å². The fraction of sp³-hybridized carbons (Fsp3) is 0.562. The van der Waals surface area contributed by atoms with Crippen LogP contribution in [0.15, 0.2) is 12.1 Å². The molecule has 1 unspecified atom stereocenters. The van der Waals surface area contributed by atoms with E-state index in [1.54, 1.807) is 7.11 Å². The Balaban J connectivity index is 2.02. The van der Waals surface area contributed by atoms with E-state index in [0.29, 0.717) is 5.92 Å². The number of carboxylic acids is 1. The Morgan fingerprint density at radius 1 is 1.50 bits per heavy atom. The van der Waals surface area contributed by atoms with Gasteiger partial charge in [-0.15, -0.1) is 0 Å². The van der Waals surface area contributed by atoms with E-state index in [4.69, 9.17) is 4.74 Å². The van der Waals surface area contributed by atoms with Gasteiger partial charge in [0.05, 0.1) is 13.5 Å². The first-order valence-corrected chi connectivity index (χ1v) is 7.24. The molecule has 0 radical (unpaired) electrons. The van der Waals surface area contributed by atoms with E-state index in [1.165, 1.54) is 11.3 Å². The van der Waals surface area contributed by atoms with Crippen molar-refractivity contribution in [3.05, 3.63) is 23.3 Å². The van der Waals surface area contributed by atoms with Crippen LogP contribution in [0, 0.1) is 5.92 Å². The first-order valence-electron chi connectivity index (χ1n) is 7.24. The minimum atomic E-state index is -0.721. The number of aliphatic carboxylic acids is 1. The number of rotatable bonds is 5. The van der Waals surface area contributed by atoms with Gasteiger partial charge in [-0.05, 0) is 36.8 Å². The molecule has 2 aliphatic rings. The number of methoxy groups -OCH3 is 1. The van der Waals surface area contributed by atoms with Crippen LogP contribution >= 0.6 is 0 Å². The van der Waals surface area contributed by atoms with E-state index in [0.717, 1.165) is 37.1 Å². The van der Waals surface area contributed by atoms with Gasteiger partial charge in [0, 0.05) is 30.8 Å². The minimum Gasteiger partial charge on any atom is -0.496 e. The van der Waals surface area contributed by atoms with Gasteiger partial charge >= 0.3 is 5.97 Å². The van der Waals surface area contributed by atoms with Gasteiger partial charge in [-0.25, -0.2) is 0 Å². The summed E-state index contributed by atoms with van der Waals surface area (Å²) in [6, 6.07) is 4.20. The monoisotopic (exact) mass is 275 g/mol. The van der Waals surface area contributed by atoms with Crippen LogP contribution < -0.4 is 9.64 Å². The molecule has 1 aromatic carbocycles. The van der Waals surface area contributed by atoms with E-state index in [9.17, 15) is 9.90 Å². The molecule has 20 heavy (non-hydrogen) atoms. The molecule has 1 fully saturated rings. The zero-order valence-corrected chi connectivity index (χ0v) is 12.1. The van der Waals surface area contributed by atoms with Crippen molar-refractivity contribution in [1.82, 2.24) is 0 Å². The molecule has 1 aliphatic carbocycles. The molecule has 4 nitrogen and oxygen atoms in total. The summed E-state index contributed by atoms with van der Waals surface area (Å²) in [4.78, 5) is 13.4. The van der Waals surface area contributed by atoms with Crippen LogP contribution in [-0.4, -0.2) is 31.8 Å². The van der Waals surface area contributed by atoms with E-state index in [1.807, 2.05) is 0 Å². The zero-order valence-electron chi connectivity index (χ0n) is 12.1. The maximum Gasteiger partial charge on any atom is 0.303 e. The van der Waals surface area contributed by atoms with Gasteiger partial charge in [-0.1, -0.05) is 6.07 Å². The Bertz CT molecular complexity index is 537. The Morgan fingerprint density at radius 2 is 2.25 bits per heavy atom. The van der Waals surface area contributed by atoms with Crippen LogP contribution in [0.4, 0.5) is 5.69 Å². The number of benzene rings is 1. The molecular weight excluding hydrogens is 254 g/mol. The number of anilines is 1. The standard InChI is InChI=1S/C16H21NO3/c1-17-8-7-12-14(17)6-5-11(16(12)20-2)13(9-15(18)19)10-3-4-10/h5-6,10,13H,3-4,7-9H2,1-2H3,(H,18,19). The molecule has 4 heteroatoms. The predicted octanol–water partition coefficient (Wildman–Crippen LogP) is 2.66. The number of likely N-dealkylation sites (N-methyl/N-ethyl adjacent to an activating group) is 1. The average molecular weight is 275 g/mol. The Labute approximate surface area is 119 Å².